The Morgan fingerprint density at radius 3 is 2.94 bits per heavy atom. The maximum atomic E-state index is 12.6. The first-order valence-electron chi connectivity index (χ1n) is 6.25. The fraction of sp³-hybridized carbons (Fsp3) is 0.750. The lowest BCUT2D eigenvalue weighted by molar-refractivity contribution is 0.0742. The third kappa shape index (κ3) is 2.45. The third-order valence-electron chi connectivity index (χ3n) is 3.56. The predicted octanol–water partition coefficient (Wildman–Crippen LogP) is 2.91. The fourth-order valence-electron chi connectivity index (χ4n) is 2.35. The molecule has 1 aromatic rings. The van der Waals surface area contributed by atoms with Gasteiger partial charge in [0.2, 0.25) is 0 Å². The first-order valence-corrected chi connectivity index (χ1v) is 8.15. The molecule has 2 heterocycles. The summed E-state index contributed by atoms with van der Waals surface area (Å²) in [5.41, 5.74) is 0.831. The van der Waals surface area contributed by atoms with Gasteiger partial charge in [0.15, 0.2) is 0 Å². The lowest BCUT2D eigenvalue weighted by Crippen LogP contribution is -2.38. The number of carbonyl (C=O) groups excluding carboxylic acids is 1. The Morgan fingerprint density at radius 1 is 1.61 bits per heavy atom. The Labute approximate surface area is 120 Å². The van der Waals surface area contributed by atoms with E-state index in [1.165, 1.54) is 11.5 Å². The Balaban J connectivity index is 2.23. The lowest BCUT2D eigenvalue weighted by Gasteiger charge is -2.25. The van der Waals surface area contributed by atoms with E-state index in [4.69, 9.17) is 0 Å². The van der Waals surface area contributed by atoms with Crippen molar-refractivity contribution in [3.63, 3.8) is 0 Å². The summed E-state index contributed by atoms with van der Waals surface area (Å²) in [5, 5.41) is 4.92. The zero-order valence-electron chi connectivity index (χ0n) is 10.9. The molecule has 0 aliphatic carbocycles. The molecule has 6 heteroatoms. The minimum absolute atomic E-state index is 0.0995. The highest BCUT2D eigenvalue weighted by molar-refractivity contribution is 9.09. The summed E-state index contributed by atoms with van der Waals surface area (Å²) < 4.78 is 3.94. The van der Waals surface area contributed by atoms with Crippen LogP contribution >= 0.6 is 27.5 Å². The van der Waals surface area contributed by atoms with E-state index < -0.39 is 0 Å². The predicted molar refractivity (Wildman–Crippen MR) is 76.4 cm³/mol. The van der Waals surface area contributed by atoms with E-state index >= 15 is 0 Å². The van der Waals surface area contributed by atoms with Crippen molar-refractivity contribution in [3.05, 3.63) is 10.6 Å². The molecule has 1 aliphatic rings. The summed E-state index contributed by atoms with van der Waals surface area (Å²) in [7, 11) is 0. The Kier molecular flexibility index (Phi) is 4.37. The Bertz CT molecular complexity index is 435. The van der Waals surface area contributed by atoms with Gasteiger partial charge in [0.1, 0.15) is 4.88 Å². The number of halogens is 1. The molecular formula is C12H18BrN3OS. The van der Waals surface area contributed by atoms with Crippen LogP contribution in [0.2, 0.25) is 0 Å². The summed E-state index contributed by atoms with van der Waals surface area (Å²) in [5.74, 6) is 0.893. The summed E-state index contributed by atoms with van der Waals surface area (Å²) >= 11 is 4.73. The van der Waals surface area contributed by atoms with Gasteiger partial charge in [-0.05, 0) is 29.8 Å². The monoisotopic (exact) mass is 331 g/mol. The highest BCUT2D eigenvalue weighted by Crippen LogP contribution is 2.29. The van der Waals surface area contributed by atoms with Crippen molar-refractivity contribution >= 4 is 33.4 Å². The second-order valence-corrected chi connectivity index (χ2v) is 6.53. The molecule has 2 unspecified atom stereocenters. The second-order valence-electron chi connectivity index (χ2n) is 5.13. The number of alkyl halides is 1. The van der Waals surface area contributed by atoms with Crippen LogP contribution in [0.4, 0.5) is 0 Å². The summed E-state index contributed by atoms with van der Waals surface area (Å²) in [4.78, 5) is 15.3. The smallest absolute Gasteiger partial charge is 0.267 e. The molecule has 18 heavy (non-hydrogen) atoms. The van der Waals surface area contributed by atoms with Crippen molar-refractivity contribution in [1.82, 2.24) is 14.5 Å². The number of amides is 1. The van der Waals surface area contributed by atoms with E-state index in [2.05, 4.69) is 32.4 Å². The van der Waals surface area contributed by atoms with Crippen LogP contribution in [-0.4, -0.2) is 38.3 Å². The average molecular weight is 332 g/mol. The Morgan fingerprint density at radius 2 is 2.33 bits per heavy atom. The van der Waals surface area contributed by atoms with Crippen LogP contribution < -0.4 is 0 Å². The molecule has 0 spiro atoms. The quantitative estimate of drug-likeness (QED) is 0.800. The zero-order valence-corrected chi connectivity index (χ0v) is 13.3. The molecule has 100 valence electrons. The molecule has 0 radical (unpaired) electrons. The molecule has 0 aromatic carbocycles. The first-order chi connectivity index (χ1) is 8.56. The van der Waals surface area contributed by atoms with Gasteiger partial charge in [-0.15, -0.1) is 5.10 Å². The van der Waals surface area contributed by atoms with Crippen LogP contribution in [0.5, 0.6) is 0 Å². The minimum Gasteiger partial charge on any atom is -0.334 e. The van der Waals surface area contributed by atoms with Gasteiger partial charge < -0.3 is 4.90 Å². The van der Waals surface area contributed by atoms with E-state index in [9.17, 15) is 4.79 Å². The fourth-order valence-corrected chi connectivity index (χ4v) is 4.11. The lowest BCUT2D eigenvalue weighted by atomic mass is 10.0. The Hall–Kier alpha value is -0.490. The number of nitrogens with zero attached hydrogens (tertiary/aromatic N) is 3. The molecule has 2 rings (SSSR count). The number of rotatable bonds is 3. The highest BCUT2D eigenvalue weighted by atomic mass is 79.9. The van der Waals surface area contributed by atoms with Crippen LogP contribution in [0.3, 0.4) is 0 Å². The molecule has 2 atom stereocenters. The molecule has 1 aliphatic heterocycles. The molecular weight excluding hydrogens is 314 g/mol. The maximum absolute atomic E-state index is 12.6. The van der Waals surface area contributed by atoms with Crippen molar-refractivity contribution < 1.29 is 4.79 Å². The van der Waals surface area contributed by atoms with Gasteiger partial charge in [-0.2, -0.15) is 0 Å². The van der Waals surface area contributed by atoms with Crippen LogP contribution in [0.25, 0.3) is 0 Å². The van der Waals surface area contributed by atoms with E-state index in [1.54, 1.807) is 0 Å². The molecule has 0 bridgehead atoms. The van der Waals surface area contributed by atoms with Gasteiger partial charge in [-0.25, -0.2) is 0 Å². The van der Waals surface area contributed by atoms with E-state index in [0.717, 1.165) is 24.0 Å². The summed E-state index contributed by atoms with van der Waals surface area (Å²) in [6.07, 6.45) is 1.07. The normalized spacial score (nSPS) is 23.9. The van der Waals surface area contributed by atoms with Crippen LogP contribution in [0.15, 0.2) is 0 Å². The molecule has 4 nitrogen and oxygen atoms in total. The average Bonchev–Trinajstić information content (AvgIpc) is 2.93. The minimum atomic E-state index is 0.0995. The molecule has 1 saturated heterocycles. The second kappa shape index (κ2) is 5.65. The number of aromatic nitrogens is 2. The van der Waals surface area contributed by atoms with E-state index in [1.807, 2.05) is 18.7 Å². The van der Waals surface area contributed by atoms with Gasteiger partial charge >= 0.3 is 0 Å². The molecule has 1 amide bonds. The number of hydrogen-bond donors (Lipinski definition) is 0. The van der Waals surface area contributed by atoms with Crippen LogP contribution in [0.1, 0.15) is 48.5 Å². The van der Waals surface area contributed by atoms with Gasteiger partial charge in [0, 0.05) is 17.9 Å². The molecule has 0 saturated carbocycles. The highest BCUT2D eigenvalue weighted by Gasteiger charge is 2.36. The number of carbonyl (C=O) groups is 1. The molecule has 1 aromatic heterocycles. The number of likely N-dealkylation sites (tertiary alicyclic amines) is 1. The summed E-state index contributed by atoms with van der Waals surface area (Å²) in [6.45, 7) is 7.13. The third-order valence-corrected chi connectivity index (χ3v) is 4.95. The topological polar surface area (TPSA) is 46.1 Å². The van der Waals surface area contributed by atoms with Crippen LogP contribution in [0, 0.1) is 5.92 Å². The molecule has 0 N–H and O–H groups in total. The standard InChI is InChI=1S/C12H18BrN3OS/c1-7(2)10-11(18-15-14-10)12(17)16-5-4-8(3)9(16)6-13/h7-9H,4-6H2,1-3H3. The molecule has 1 fully saturated rings. The van der Waals surface area contributed by atoms with Gasteiger partial charge in [-0.3, -0.25) is 4.79 Å². The van der Waals surface area contributed by atoms with Crippen molar-refractivity contribution in [2.24, 2.45) is 5.92 Å². The SMILES string of the molecule is CC(C)c1nnsc1C(=O)N1CCC(C)C1CBr. The van der Waals surface area contributed by atoms with Crippen molar-refractivity contribution in [2.75, 3.05) is 11.9 Å². The van der Waals surface area contributed by atoms with E-state index in [-0.39, 0.29) is 11.8 Å². The summed E-state index contributed by atoms with van der Waals surface area (Å²) in [6, 6.07) is 0.291. The van der Waals surface area contributed by atoms with Crippen molar-refractivity contribution in [2.45, 2.75) is 39.2 Å². The van der Waals surface area contributed by atoms with Gasteiger partial charge in [-0.1, -0.05) is 41.2 Å². The maximum Gasteiger partial charge on any atom is 0.267 e. The van der Waals surface area contributed by atoms with Gasteiger partial charge in [0.05, 0.1) is 5.69 Å². The first kappa shape index (κ1) is 13.9. The van der Waals surface area contributed by atoms with Crippen LogP contribution in [-0.2, 0) is 0 Å². The van der Waals surface area contributed by atoms with Crippen molar-refractivity contribution in [1.29, 1.82) is 0 Å². The zero-order chi connectivity index (χ0) is 13.3. The van der Waals surface area contributed by atoms with Gasteiger partial charge in [0.25, 0.3) is 5.91 Å². The van der Waals surface area contributed by atoms with E-state index in [0.29, 0.717) is 16.8 Å². The number of hydrogen-bond acceptors (Lipinski definition) is 4. The van der Waals surface area contributed by atoms with Crippen molar-refractivity contribution in [3.8, 4) is 0 Å². The largest absolute Gasteiger partial charge is 0.334 e.